The number of aromatic amines is 1. The number of rotatable bonds is 3. The van der Waals surface area contributed by atoms with Crippen LogP contribution in [0.15, 0.2) is 46.6 Å². The van der Waals surface area contributed by atoms with E-state index >= 15 is 0 Å². The second kappa shape index (κ2) is 5.37. The monoisotopic (exact) mass is 294 g/mol. The number of hydrogen-bond acceptors (Lipinski definition) is 3. The van der Waals surface area contributed by atoms with Gasteiger partial charge in [-0.15, -0.1) is 0 Å². The summed E-state index contributed by atoms with van der Waals surface area (Å²) in [7, 11) is 0. The summed E-state index contributed by atoms with van der Waals surface area (Å²) in [5.74, 6) is 0.813. The van der Waals surface area contributed by atoms with Crippen molar-refractivity contribution in [1.29, 1.82) is 0 Å². The highest BCUT2D eigenvalue weighted by molar-refractivity contribution is 6.24. The maximum absolute atomic E-state index is 12.4. The second-order valence-corrected chi connectivity index (χ2v) is 5.71. The molecule has 1 aliphatic carbocycles. The van der Waals surface area contributed by atoms with Gasteiger partial charge in [0.25, 0.3) is 0 Å². The Hall–Kier alpha value is -2.49. The van der Waals surface area contributed by atoms with Crippen LogP contribution in [-0.4, -0.2) is 21.5 Å². The molecular weight excluding hydrogens is 276 g/mol. The van der Waals surface area contributed by atoms with Crippen LogP contribution in [-0.2, 0) is 16.0 Å². The van der Waals surface area contributed by atoms with Crippen LogP contribution in [0.4, 0.5) is 0 Å². The van der Waals surface area contributed by atoms with E-state index in [4.69, 9.17) is 0 Å². The fourth-order valence-corrected chi connectivity index (χ4v) is 2.82. The zero-order valence-corrected chi connectivity index (χ0v) is 13.0. The maximum Gasteiger partial charge on any atom is 0.185 e. The summed E-state index contributed by atoms with van der Waals surface area (Å²) in [4.78, 5) is 32.3. The normalized spacial score (nSPS) is 16.1. The van der Waals surface area contributed by atoms with Crippen LogP contribution < -0.4 is 0 Å². The lowest BCUT2D eigenvalue weighted by Crippen LogP contribution is -2.21. The van der Waals surface area contributed by atoms with Crippen LogP contribution in [0, 0.1) is 0 Å². The minimum atomic E-state index is -0.0169. The van der Waals surface area contributed by atoms with Gasteiger partial charge in [-0.05, 0) is 39.3 Å². The minimum absolute atomic E-state index is 0.00860. The van der Waals surface area contributed by atoms with Gasteiger partial charge in [0.2, 0.25) is 0 Å². The van der Waals surface area contributed by atoms with Crippen molar-refractivity contribution in [3.63, 3.8) is 0 Å². The summed E-state index contributed by atoms with van der Waals surface area (Å²) in [6.45, 7) is 5.18. The topological polar surface area (TPSA) is 62.8 Å². The molecule has 22 heavy (non-hydrogen) atoms. The summed E-state index contributed by atoms with van der Waals surface area (Å²) >= 11 is 0. The summed E-state index contributed by atoms with van der Waals surface area (Å²) < 4.78 is 0. The average Bonchev–Trinajstić information content (AvgIpc) is 2.94. The lowest BCUT2D eigenvalue weighted by atomic mass is 9.84. The molecule has 112 valence electrons. The van der Waals surface area contributed by atoms with Crippen molar-refractivity contribution >= 4 is 22.6 Å². The fraction of sp³-hybridized carbons (Fsp3) is 0.278. The number of aryl methyl sites for hydroxylation is 1. The van der Waals surface area contributed by atoms with E-state index in [0.29, 0.717) is 35.1 Å². The van der Waals surface area contributed by atoms with Gasteiger partial charge in [0.05, 0.1) is 11.0 Å². The quantitative estimate of drug-likeness (QED) is 0.883. The molecule has 1 aromatic carbocycles. The van der Waals surface area contributed by atoms with Crippen LogP contribution in [0.25, 0.3) is 11.0 Å². The number of nitrogens with one attached hydrogen (secondary N) is 1. The number of H-pyrrole nitrogens is 1. The number of allylic oxidation sites excluding steroid dienone is 4. The van der Waals surface area contributed by atoms with Gasteiger partial charge in [0.15, 0.2) is 11.6 Å². The summed E-state index contributed by atoms with van der Waals surface area (Å²) in [5.41, 5.74) is 4.23. The van der Waals surface area contributed by atoms with Crippen molar-refractivity contribution in [3.05, 3.63) is 52.4 Å². The zero-order valence-electron chi connectivity index (χ0n) is 13.0. The van der Waals surface area contributed by atoms with Gasteiger partial charge in [-0.3, -0.25) is 9.59 Å². The van der Waals surface area contributed by atoms with Gasteiger partial charge in [-0.1, -0.05) is 12.1 Å². The zero-order chi connectivity index (χ0) is 15.9. The Morgan fingerprint density at radius 1 is 0.909 bits per heavy atom. The third kappa shape index (κ3) is 2.30. The Bertz CT molecular complexity index is 820. The number of imidazole rings is 1. The number of fused-ring (bicyclic) bond motifs is 1. The first-order valence-electron chi connectivity index (χ1n) is 7.39. The molecule has 4 heteroatoms. The SMILES string of the molecule is CC1=C(C)C(=O)C(CCc2nc3ccccc3[nH]2)=C(C)C1=O. The third-order valence-corrected chi connectivity index (χ3v) is 4.36. The molecule has 1 aromatic heterocycles. The van der Waals surface area contributed by atoms with Gasteiger partial charge in [0.1, 0.15) is 5.82 Å². The Labute approximate surface area is 128 Å². The lowest BCUT2D eigenvalue weighted by Gasteiger charge is -2.18. The predicted octanol–water partition coefficient (Wildman–Crippen LogP) is 3.30. The van der Waals surface area contributed by atoms with Crippen molar-refractivity contribution in [2.45, 2.75) is 33.6 Å². The molecule has 0 saturated heterocycles. The molecule has 0 amide bonds. The first-order chi connectivity index (χ1) is 10.5. The van der Waals surface area contributed by atoms with Crippen molar-refractivity contribution < 1.29 is 9.59 Å². The molecule has 0 saturated carbocycles. The van der Waals surface area contributed by atoms with Gasteiger partial charge in [0, 0.05) is 28.7 Å². The third-order valence-electron chi connectivity index (χ3n) is 4.36. The minimum Gasteiger partial charge on any atom is -0.342 e. The molecule has 1 N–H and O–H groups in total. The van der Waals surface area contributed by atoms with Gasteiger partial charge in [-0.25, -0.2) is 4.98 Å². The first-order valence-corrected chi connectivity index (χ1v) is 7.39. The molecular formula is C18H18N2O2. The second-order valence-electron chi connectivity index (χ2n) is 5.71. The lowest BCUT2D eigenvalue weighted by molar-refractivity contribution is -0.116. The van der Waals surface area contributed by atoms with Crippen molar-refractivity contribution in [1.82, 2.24) is 9.97 Å². The van der Waals surface area contributed by atoms with E-state index in [1.165, 1.54) is 0 Å². The number of carbonyl (C=O) groups excluding carboxylic acids is 2. The van der Waals surface area contributed by atoms with Crippen molar-refractivity contribution in [2.75, 3.05) is 0 Å². The number of hydrogen-bond donors (Lipinski definition) is 1. The number of Topliss-reactive ketones (excluding diaryl/α,β-unsaturated/α-hetero) is 2. The number of ketones is 2. The van der Waals surface area contributed by atoms with Crippen molar-refractivity contribution in [2.24, 2.45) is 0 Å². The predicted molar refractivity (Wildman–Crippen MR) is 85.5 cm³/mol. The molecule has 0 spiro atoms. The van der Waals surface area contributed by atoms with Crippen LogP contribution in [0.3, 0.4) is 0 Å². The van der Waals surface area contributed by atoms with E-state index < -0.39 is 0 Å². The smallest absolute Gasteiger partial charge is 0.185 e. The standard InChI is InChI=1S/C18H18N2O2/c1-10-11(2)18(22)13(12(3)17(10)21)8-9-16-19-14-6-4-5-7-15(14)20-16/h4-7H,8-9H2,1-3H3,(H,19,20). The van der Waals surface area contributed by atoms with E-state index in [9.17, 15) is 9.59 Å². The highest BCUT2D eigenvalue weighted by Gasteiger charge is 2.27. The van der Waals surface area contributed by atoms with Crippen LogP contribution in [0.1, 0.15) is 33.0 Å². The number of carbonyl (C=O) groups is 2. The molecule has 0 bridgehead atoms. The fourth-order valence-electron chi connectivity index (χ4n) is 2.82. The summed E-state index contributed by atoms with van der Waals surface area (Å²) in [6.07, 6.45) is 1.15. The molecule has 0 aliphatic heterocycles. The highest BCUT2D eigenvalue weighted by atomic mass is 16.1. The molecule has 1 aliphatic rings. The Balaban J connectivity index is 1.84. The maximum atomic E-state index is 12.4. The molecule has 0 radical (unpaired) electrons. The molecule has 0 atom stereocenters. The van der Waals surface area contributed by atoms with Gasteiger partial charge < -0.3 is 4.98 Å². The molecule has 1 heterocycles. The number of para-hydroxylation sites is 2. The van der Waals surface area contributed by atoms with E-state index in [1.807, 2.05) is 24.3 Å². The Morgan fingerprint density at radius 2 is 1.59 bits per heavy atom. The highest BCUT2D eigenvalue weighted by Crippen LogP contribution is 2.27. The average molecular weight is 294 g/mol. The summed E-state index contributed by atoms with van der Waals surface area (Å²) in [6, 6.07) is 7.82. The number of aromatic nitrogens is 2. The Kier molecular flexibility index (Phi) is 3.53. The van der Waals surface area contributed by atoms with Crippen LogP contribution in [0.2, 0.25) is 0 Å². The van der Waals surface area contributed by atoms with E-state index in [1.54, 1.807) is 20.8 Å². The van der Waals surface area contributed by atoms with Gasteiger partial charge in [-0.2, -0.15) is 0 Å². The van der Waals surface area contributed by atoms with Crippen molar-refractivity contribution in [3.8, 4) is 0 Å². The van der Waals surface area contributed by atoms with Crippen LogP contribution >= 0.6 is 0 Å². The Morgan fingerprint density at radius 3 is 2.32 bits per heavy atom. The molecule has 0 fully saturated rings. The number of benzene rings is 1. The molecule has 4 nitrogen and oxygen atoms in total. The van der Waals surface area contributed by atoms with E-state index in [0.717, 1.165) is 16.9 Å². The summed E-state index contributed by atoms with van der Waals surface area (Å²) in [5, 5.41) is 0. The largest absolute Gasteiger partial charge is 0.342 e. The van der Waals surface area contributed by atoms with Gasteiger partial charge >= 0.3 is 0 Å². The van der Waals surface area contributed by atoms with E-state index in [2.05, 4.69) is 9.97 Å². The molecule has 2 aromatic rings. The first kappa shape index (κ1) is 14.4. The van der Waals surface area contributed by atoms with Crippen LogP contribution in [0.5, 0.6) is 0 Å². The molecule has 3 rings (SSSR count). The van der Waals surface area contributed by atoms with E-state index in [-0.39, 0.29) is 11.6 Å². The molecule has 0 unspecified atom stereocenters. The number of nitrogens with zero attached hydrogens (tertiary/aromatic N) is 1.